The van der Waals surface area contributed by atoms with Crippen molar-refractivity contribution in [3.05, 3.63) is 89.6 Å². The van der Waals surface area contributed by atoms with Gasteiger partial charge in [-0.1, -0.05) is 48.0 Å². The van der Waals surface area contributed by atoms with Gasteiger partial charge < -0.3 is 0 Å². The van der Waals surface area contributed by atoms with Crippen LogP contribution in [0.1, 0.15) is 12.5 Å². The third-order valence-corrected chi connectivity index (χ3v) is 6.15. The summed E-state index contributed by atoms with van der Waals surface area (Å²) >= 11 is 5.87. The smallest absolute Gasteiger partial charge is 0.265 e. The predicted octanol–water partition coefficient (Wildman–Crippen LogP) is 3.47. The minimum Gasteiger partial charge on any atom is -0.271 e. The molecular formula is C21H19ClN4O3S. The molecule has 0 fully saturated rings. The van der Waals surface area contributed by atoms with Gasteiger partial charge in [-0.05, 0) is 48.9 Å². The van der Waals surface area contributed by atoms with Crippen molar-refractivity contribution in [2.45, 2.75) is 11.8 Å². The Kier molecular flexibility index (Phi) is 6.81. The average Bonchev–Trinajstić information content (AvgIpc) is 2.77. The number of carbonyl (C=O) groups is 1. The lowest BCUT2D eigenvalue weighted by molar-refractivity contribution is -0.119. The lowest BCUT2D eigenvalue weighted by atomic mass is 10.1. The van der Waals surface area contributed by atoms with Crippen LogP contribution in [0.4, 0.5) is 5.82 Å². The Morgan fingerprint density at radius 1 is 1.03 bits per heavy atom. The van der Waals surface area contributed by atoms with E-state index in [1.165, 1.54) is 24.4 Å². The monoisotopic (exact) mass is 442 g/mol. The third kappa shape index (κ3) is 5.22. The maximum absolute atomic E-state index is 13.1. The molecule has 0 aliphatic rings. The number of anilines is 1. The van der Waals surface area contributed by atoms with E-state index in [-0.39, 0.29) is 10.7 Å². The van der Waals surface area contributed by atoms with Crippen molar-refractivity contribution < 1.29 is 13.2 Å². The zero-order valence-corrected chi connectivity index (χ0v) is 17.6. The Balaban J connectivity index is 1.82. The standard InChI is InChI=1S/C21H19ClN4O3S/c1-16(17-10-12-18(22)13-11-17)24-25-21(27)15-26(20-9-5-6-14-23-20)30(28,29)19-7-3-2-4-8-19/h2-14H,15H2,1H3,(H,25,27)/b24-16-. The van der Waals surface area contributed by atoms with Gasteiger partial charge in [0.15, 0.2) is 0 Å². The highest BCUT2D eigenvalue weighted by molar-refractivity contribution is 7.92. The quantitative estimate of drug-likeness (QED) is 0.448. The van der Waals surface area contributed by atoms with Crippen molar-refractivity contribution in [2.75, 3.05) is 10.8 Å². The largest absolute Gasteiger partial charge is 0.271 e. The van der Waals surface area contributed by atoms with Crippen molar-refractivity contribution in [3.63, 3.8) is 0 Å². The molecule has 1 aromatic heterocycles. The van der Waals surface area contributed by atoms with Crippen molar-refractivity contribution in [1.82, 2.24) is 10.4 Å². The molecule has 3 aromatic rings. The maximum atomic E-state index is 13.1. The normalized spacial score (nSPS) is 11.7. The first-order chi connectivity index (χ1) is 14.4. The first-order valence-electron chi connectivity index (χ1n) is 8.96. The second-order valence-electron chi connectivity index (χ2n) is 6.25. The van der Waals surface area contributed by atoms with Crippen LogP contribution in [0, 0.1) is 0 Å². The second-order valence-corrected chi connectivity index (χ2v) is 8.55. The van der Waals surface area contributed by atoms with E-state index in [4.69, 9.17) is 11.6 Å². The number of hydrazone groups is 1. The molecule has 0 saturated carbocycles. The lowest BCUT2D eigenvalue weighted by Crippen LogP contribution is -2.40. The first-order valence-corrected chi connectivity index (χ1v) is 10.8. The Morgan fingerprint density at radius 3 is 2.33 bits per heavy atom. The number of nitrogens with one attached hydrogen (secondary N) is 1. The maximum Gasteiger partial charge on any atom is 0.265 e. The molecule has 1 N–H and O–H groups in total. The molecule has 1 amide bonds. The van der Waals surface area contributed by atoms with Crippen LogP contribution in [-0.4, -0.2) is 31.6 Å². The molecule has 1 heterocycles. The summed E-state index contributed by atoms with van der Waals surface area (Å²) in [5, 5.41) is 4.65. The van der Waals surface area contributed by atoms with E-state index in [0.29, 0.717) is 10.7 Å². The molecule has 154 valence electrons. The van der Waals surface area contributed by atoms with Gasteiger partial charge in [0.1, 0.15) is 12.4 Å². The SMILES string of the molecule is C/C(=N/NC(=O)CN(c1ccccn1)S(=O)(=O)c1ccccc1)c1ccc(Cl)cc1. The molecule has 0 radical (unpaired) electrons. The van der Waals surface area contributed by atoms with Crippen LogP contribution in [0.15, 0.2) is 89.0 Å². The zero-order chi connectivity index (χ0) is 21.6. The molecule has 30 heavy (non-hydrogen) atoms. The Labute approximate surface area is 180 Å². The number of carbonyl (C=O) groups excluding carboxylic acids is 1. The predicted molar refractivity (Wildman–Crippen MR) is 117 cm³/mol. The summed E-state index contributed by atoms with van der Waals surface area (Å²) in [4.78, 5) is 16.7. The van der Waals surface area contributed by atoms with E-state index in [9.17, 15) is 13.2 Å². The topological polar surface area (TPSA) is 91.7 Å². The van der Waals surface area contributed by atoms with Crippen LogP contribution < -0.4 is 9.73 Å². The summed E-state index contributed by atoms with van der Waals surface area (Å²) in [5.41, 5.74) is 3.73. The molecule has 7 nitrogen and oxygen atoms in total. The molecular weight excluding hydrogens is 424 g/mol. The summed E-state index contributed by atoms with van der Waals surface area (Å²) < 4.78 is 27.2. The van der Waals surface area contributed by atoms with E-state index >= 15 is 0 Å². The molecule has 0 unspecified atom stereocenters. The zero-order valence-electron chi connectivity index (χ0n) is 16.1. The molecule has 9 heteroatoms. The molecule has 0 atom stereocenters. The van der Waals surface area contributed by atoms with Crippen LogP contribution in [-0.2, 0) is 14.8 Å². The number of hydrogen-bond donors (Lipinski definition) is 1. The first kappa shape index (κ1) is 21.5. The van der Waals surface area contributed by atoms with Crippen molar-refractivity contribution in [2.24, 2.45) is 5.10 Å². The van der Waals surface area contributed by atoms with Gasteiger partial charge in [-0.3, -0.25) is 4.79 Å². The highest BCUT2D eigenvalue weighted by Crippen LogP contribution is 2.21. The number of aromatic nitrogens is 1. The second kappa shape index (κ2) is 9.51. The Morgan fingerprint density at radius 2 is 1.70 bits per heavy atom. The average molecular weight is 443 g/mol. The number of hydrogen-bond acceptors (Lipinski definition) is 5. The highest BCUT2D eigenvalue weighted by atomic mass is 35.5. The number of nitrogens with zero attached hydrogens (tertiary/aromatic N) is 3. The molecule has 0 saturated heterocycles. The number of amides is 1. The summed E-state index contributed by atoms with van der Waals surface area (Å²) in [6, 6.07) is 19.7. The molecule has 0 aliphatic heterocycles. The van der Waals surface area contributed by atoms with Gasteiger partial charge in [0.2, 0.25) is 0 Å². The van der Waals surface area contributed by atoms with Crippen LogP contribution in [0.5, 0.6) is 0 Å². The summed E-state index contributed by atoms with van der Waals surface area (Å²) in [5.74, 6) is -0.469. The molecule has 0 spiro atoms. The number of rotatable bonds is 7. The van der Waals surface area contributed by atoms with E-state index in [0.717, 1.165) is 9.87 Å². The Hall–Kier alpha value is -3.23. The van der Waals surface area contributed by atoms with Gasteiger partial charge in [0, 0.05) is 11.2 Å². The van der Waals surface area contributed by atoms with E-state index < -0.39 is 22.5 Å². The number of pyridine rings is 1. The van der Waals surface area contributed by atoms with Crippen LogP contribution in [0.2, 0.25) is 5.02 Å². The van der Waals surface area contributed by atoms with Gasteiger partial charge in [0.25, 0.3) is 15.9 Å². The summed E-state index contributed by atoms with van der Waals surface area (Å²) in [7, 11) is -4.00. The van der Waals surface area contributed by atoms with Crippen molar-refractivity contribution >= 4 is 39.1 Å². The van der Waals surface area contributed by atoms with Crippen molar-refractivity contribution in [1.29, 1.82) is 0 Å². The van der Waals surface area contributed by atoms with Gasteiger partial charge in [-0.15, -0.1) is 0 Å². The minimum atomic E-state index is -4.00. The fourth-order valence-electron chi connectivity index (χ4n) is 2.58. The van der Waals surface area contributed by atoms with Crippen LogP contribution in [0.3, 0.4) is 0 Å². The molecule has 2 aromatic carbocycles. The third-order valence-electron chi connectivity index (χ3n) is 4.13. The number of halogens is 1. The lowest BCUT2D eigenvalue weighted by Gasteiger charge is -2.22. The van der Waals surface area contributed by atoms with E-state index in [1.54, 1.807) is 61.5 Å². The van der Waals surface area contributed by atoms with Gasteiger partial charge >= 0.3 is 0 Å². The fourth-order valence-corrected chi connectivity index (χ4v) is 4.10. The Bertz CT molecular complexity index is 1140. The highest BCUT2D eigenvalue weighted by Gasteiger charge is 2.27. The van der Waals surface area contributed by atoms with Crippen LogP contribution >= 0.6 is 11.6 Å². The van der Waals surface area contributed by atoms with E-state index in [2.05, 4.69) is 15.5 Å². The number of benzene rings is 2. The number of sulfonamides is 1. The minimum absolute atomic E-state index is 0.0595. The van der Waals surface area contributed by atoms with Gasteiger partial charge in [-0.2, -0.15) is 5.10 Å². The van der Waals surface area contributed by atoms with Gasteiger partial charge in [-0.25, -0.2) is 23.1 Å². The van der Waals surface area contributed by atoms with Crippen LogP contribution in [0.25, 0.3) is 0 Å². The summed E-state index contributed by atoms with van der Waals surface area (Å²) in [6.45, 7) is 1.24. The summed E-state index contributed by atoms with van der Waals surface area (Å²) in [6.07, 6.45) is 1.46. The molecule has 0 aliphatic carbocycles. The van der Waals surface area contributed by atoms with Crippen molar-refractivity contribution in [3.8, 4) is 0 Å². The van der Waals surface area contributed by atoms with Gasteiger partial charge in [0.05, 0.1) is 10.6 Å². The molecule has 3 rings (SSSR count). The molecule has 0 bridgehead atoms. The van der Waals surface area contributed by atoms with E-state index in [1.807, 2.05) is 0 Å². The fraction of sp³-hybridized carbons (Fsp3) is 0.0952.